The second kappa shape index (κ2) is 11.6. The van der Waals surface area contributed by atoms with Crippen LogP contribution in [-0.2, 0) is 17.8 Å². The Kier molecular flexibility index (Phi) is 7.58. The number of thiazole rings is 1. The number of carbonyl (C=O) groups is 1. The van der Waals surface area contributed by atoms with Crippen molar-refractivity contribution in [1.82, 2.24) is 24.8 Å². The lowest BCUT2D eigenvalue weighted by Crippen LogP contribution is -2.55. The number of nitrogens with zero attached hydrogens (tertiary/aromatic N) is 8. The molecule has 0 saturated carbocycles. The third kappa shape index (κ3) is 5.13. The van der Waals surface area contributed by atoms with Gasteiger partial charge in [-0.1, -0.05) is 12.6 Å². The van der Waals surface area contributed by atoms with Crippen LogP contribution < -0.4 is 14.5 Å². The number of amides is 1. The topological polar surface area (TPSA) is 102 Å². The molecule has 0 N–H and O–H groups in total. The molecule has 1 amide bonds. The minimum Gasteiger partial charge on any atom is -0.461 e. The van der Waals surface area contributed by atoms with E-state index in [2.05, 4.69) is 44.5 Å². The zero-order chi connectivity index (χ0) is 30.4. The Hall–Kier alpha value is -3.89. The summed E-state index contributed by atoms with van der Waals surface area (Å²) in [6.45, 7) is 7.01. The van der Waals surface area contributed by atoms with E-state index in [4.69, 9.17) is 14.7 Å². The minimum absolute atomic E-state index is 0.0559. The quantitative estimate of drug-likeness (QED) is 0.363. The Morgan fingerprint density at radius 3 is 2.93 bits per heavy atom. The normalized spacial score (nSPS) is 25.2. The summed E-state index contributed by atoms with van der Waals surface area (Å²) in [4.78, 5) is 34.9. The molecule has 4 aliphatic heterocycles. The highest BCUT2D eigenvalue weighted by Gasteiger charge is 2.49. The fourth-order valence-corrected chi connectivity index (χ4v) is 8.14. The minimum atomic E-state index is -1.03. The first kappa shape index (κ1) is 28.9. The molecule has 230 valence electrons. The number of rotatable bonds is 7. The number of para-hydroxylation sites is 1. The lowest BCUT2D eigenvalue weighted by molar-refractivity contribution is -0.131. The van der Waals surface area contributed by atoms with Gasteiger partial charge in [0.25, 0.3) is 5.91 Å². The molecule has 3 aromatic rings. The number of nitriles is 1. The molecular weight excluding hydrogens is 586 g/mol. The van der Waals surface area contributed by atoms with Gasteiger partial charge in [0, 0.05) is 44.7 Å². The number of hydrogen-bond acceptors (Lipinski definition) is 10. The molecule has 0 aliphatic carbocycles. The first-order chi connectivity index (χ1) is 21.3. The summed E-state index contributed by atoms with van der Waals surface area (Å²) in [6, 6.07) is 8.05. The van der Waals surface area contributed by atoms with Gasteiger partial charge in [-0.15, -0.1) is 11.3 Å². The van der Waals surface area contributed by atoms with Gasteiger partial charge in [0.1, 0.15) is 24.1 Å². The zero-order valence-electron chi connectivity index (χ0n) is 24.4. The van der Waals surface area contributed by atoms with Crippen molar-refractivity contribution in [2.45, 2.75) is 56.4 Å². The molecule has 6 heterocycles. The highest BCUT2D eigenvalue weighted by Crippen LogP contribution is 2.41. The molecule has 7 rings (SSSR count). The summed E-state index contributed by atoms with van der Waals surface area (Å²) in [6.07, 6.45) is 2.20. The van der Waals surface area contributed by atoms with Crippen molar-refractivity contribution in [3.63, 3.8) is 0 Å². The van der Waals surface area contributed by atoms with Crippen LogP contribution in [-0.4, -0.2) is 94.3 Å². The van der Waals surface area contributed by atoms with E-state index in [1.54, 1.807) is 11.3 Å². The van der Waals surface area contributed by atoms with Gasteiger partial charge < -0.3 is 19.4 Å². The summed E-state index contributed by atoms with van der Waals surface area (Å²) < 4.78 is 35.7. The molecule has 1 aromatic carbocycles. The van der Waals surface area contributed by atoms with Gasteiger partial charge in [0.05, 0.1) is 52.2 Å². The molecule has 3 saturated heterocycles. The fourth-order valence-electron chi connectivity index (χ4n) is 7.45. The highest BCUT2D eigenvalue weighted by atomic mass is 32.1. The van der Waals surface area contributed by atoms with Crippen LogP contribution >= 0.6 is 11.3 Å². The maximum Gasteiger partial charge on any atom is 0.318 e. The first-order valence-corrected chi connectivity index (χ1v) is 16.0. The van der Waals surface area contributed by atoms with Gasteiger partial charge in [-0.3, -0.25) is 9.69 Å². The SMILES string of the molecule is C=C(F)C(=O)N1CCN(c2nc(OCC34CCCN3C[C@H](F)C4)nc3c2CCN(c2cccc4scnc24)C3)C[C@@H]1CC#N. The van der Waals surface area contributed by atoms with Crippen molar-refractivity contribution in [3.05, 3.63) is 47.4 Å². The summed E-state index contributed by atoms with van der Waals surface area (Å²) >= 11 is 1.61. The van der Waals surface area contributed by atoms with Crippen molar-refractivity contribution in [3.8, 4) is 12.1 Å². The van der Waals surface area contributed by atoms with Crippen molar-refractivity contribution < 1.29 is 18.3 Å². The van der Waals surface area contributed by atoms with Gasteiger partial charge in [0.2, 0.25) is 0 Å². The summed E-state index contributed by atoms with van der Waals surface area (Å²) in [7, 11) is 0. The van der Waals surface area contributed by atoms with Crippen molar-refractivity contribution in [2.75, 3.05) is 55.7 Å². The van der Waals surface area contributed by atoms with Crippen LogP contribution in [0.4, 0.5) is 20.3 Å². The Morgan fingerprint density at radius 1 is 1.20 bits per heavy atom. The van der Waals surface area contributed by atoms with Crippen LogP contribution in [0.25, 0.3) is 10.2 Å². The van der Waals surface area contributed by atoms with E-state index >= 15 is 0 Å². The van der Waals surface area contributed by atoms with E-state index < -0.39 is 23.9 Å². The molecule has 0 radical (unpaired) electrons. The number of anilines is 2. The van der Waals surface area contributed by atoms with Gasteiger partial charge in [-0.25, -0.2) is 13.8 Å². The van der Waals surface area contributed by atoms with E-state index in [0.29, 0.717) is 51.4 Å². The molecule has 3 atom stereocenters. The number of benzene rings is 1. The average Bonchev–Trinajstić information content (AvgIpc) is 3.73. The van der Waals surface area contributed by atoms with Crippen LogP contribution in [0.3, 0.4) is 0 Å². The third-order valence-electron chi connectivity index (χ3n) is 9.54. The smallest absolute Gasteiger partial charge is 0.318 e. The van der Waals surface area contributed by atoms with Gasteiger partial charge >= 0.3 is 6.01 Å². The molecule has 2 aromatic heterocycles. The van der Waals surface area contributed by atoms with E-state index in [0.717, 1.165) is 53.1 Å². The highest BCUT2D eigenvalue weighted by molar-refractivity contribution is 7.16. The Labute approximate surface area is 258 Å². The Morgan fingerprint density at radius 2 is 2.09 bits per heavy atom. The number of hydrogen-bond donors (Lipinski definition) is 0. The number of ether oxygens (including phenoxy) is 1. The van der Waals surface area contributed by atoms with Crippen LogP contribution in [0.2, 0.25) is 0 Å². The van der Waals surface area contributed by atoms with E-state index in [-0.39, 0.29) is 24.5 Å². The van der Waals surface area contributed by atoms with E-state index in [1.165, 1.54) is 4.90 Å². The number of piperazine rings is 1. The number of carbonyl (C=O) groups excluding carboxylic acids is 1. The summed E-state index contributed by atoms with van der Waals surface area (Å²) in [5, 5.41) is 9.50. The standard InChI is InChI=1S/C31H34F2N8O2S/c1-20(32)29(42)41-13-12-39(16-22(41)6-9-34)28-23-7-11-38(25-4-2-5-26-27(25)35-19-44-26)17-24(23)36-30(37-28)43-18-31-8-3-10-40(31)15-21(33)14-31/h2,4-5,19,21-22H,1,3,6-8,10-18H2/t21-,22+,31?/m1/s1. The average molecular weight is 621 g/mol. The van der Waals surface area contributed by atoms with Crippen LogP contribution in [0, 0.1) is 11.3 Å². The van der Waals surface area contributed by atoms with Crippen LogP contribution in [0.15, 0.2) is 36.1 Å². The molecule has 13 heteroatoms. The van der Waals surface area contributed by atoms with E-state index in [1.807, 2.05) is 11.6 Å². The zero-order valence-corrected chi connectivity index (χ0v) is 25.2. The van der Waals surface area contributed by atoms with Gasteiger partial charge in [-0.05, 0) is 37.9 Å². The monoisotopic (exact) mass is 620 g/mol. The predicted molar refractivity (Wildman–Crippen MR) is 163 cm³/mol. The van der Waals surface area contributed by atoms with Gasteiger partial charge in [-0.2, -0.15) is 15.2 Å². The Bertz CT molecular complexity index is 1640. The second-order valence-corrected chi connectivity index (χ2v) is 13.0. The van der Waals surface area contributed by atoms with Crippen molar-refractivity contribution >= 4 is 39.0 Å². The van der Waals surface area contributed by atoms with Crippen LogP contribution in [0.5, 0.6) is 6.01 Å². The lowest BCUT2D eigenvalue weighted by Gasteiger charge is -2.42. The number of halogens is 2. The molecule has 4 aliphatic rings. The largest absolute Gasteiger partial charge is 0.461 e. The maximum atomic E-state index is 14.5. The third-order valence-corrected chi connectivity index (χ3v) is 10.3. The fraction of sp³-hybridized carbons (Fsp3) is 0.516. The summed E-state index contributed by atoms with van der Waals surface area (Å²) in [5.41, 5.74) is 5.36. The second-order valence-electron chi connectivity index (χ2n) is 12.1. The maximum absolute atomic E-state index is 14.5. The van der Waals surface area contributed by atoms with Gasteiger partial charge in [0.15, 0.2) is 5.83 Å². The molecule has 0 bridgehead atoms. The lowest BCUT2D eigenvalue weighted by atomic mass is 9.95. The van der Waals surface area contributed by atoms with E-state index in [9.17, 15) is 18.8 Å². The van der Waals surface area contributed by atoms with Crippen LogP contribution in [0.1, 0.15) is 36.9 Å². The Balaban J connectivity index is 1.21. The molecule has 10 nitrogen and oxygen atoms in total. The van der Waals surface area contributed by atoms with Crippen molar-refractivity contribution in [2.24, 2.45) is 0 Å². The molecule has 44 heavy (non-hydrogen) atoms. The van der Waals surface area contributed by atoms with Crippen molar-refractivity contribution in [1.29, 1.82) is 5.26 Å². The number of fused-ring (bicyclic) bond motifs is 3. The number of aromatic nitrogens is 3. The molecular formula is C31H34F2N8O2S. The summed E-state index contributed by atoms with van der Waals surface area (Å²) in [5.74, 6) is -1.11. The molecule has 1 unspecified atom stereocenters. The number of alkyl halides is 1. The molecule has 0 spiro atoms. The first-order valence-electron chi connectivity index (χ1n) is 15.1. The molecule has 3 fully saturated rings. The predicted octanol–water partition coefficient (Wildman–Crippen LogP) is 4.02.